The molecule has 3 nitrogen and oxygen atoms in total. The Morgan fingerprint density at radius 2 is 1.14 bits per heavy atom. The van der Waals surface area contributed by atoms with Crippen LogP contribution < -0.4 is 0 Å². The smallest absolute Gasteiger partial charge is 0.135 e. The minimum absolute atomic E-state index is 0.183. The fourth-order valence-corrected chi connectivity index (χ4v) is 9.57. The molecule has 8 aromatic carbocycles. The average molecular weight is 756 g/mol. The molecule has 59 heavy (non-hydrogen) atoms. The van der Waals surface area contributed by atoms with Gasteiger partial charge >= 0.3 is 0 Å². The summed E-state index contributed by atoms with van der Waals surface area (Å²) in [6.45, 7) is 6.61. The standard InChI is InChI=1S/C56H37NO2/c1-34(22-26-52-35(2)47-33-40(25-29-53(47)58-52)57-50-20-9-7-16-43(50)44-17-8-10-21-51(44)57)36-12-11-13-37(30-36)38-23-27-54-48(31-38)49-32-39(24-28-55(49)59-54)56-45-18-5-3-14-41(45)42-15-4-6-19-46(42)56/h3-33,56H,1H2,2H3/b26-22-. The van der Waals surface area contributed by atoms with E-state index in [2.05, 4.69) is 200 Å². The molecule has 0 radical (unpaired) electrons. The van der Waals surface area contributed by atoms with Gasteiger partial charge in [-0.25, -0.2) is 0 Å². The minimum Gasteiger partial charge on any atom is -0.456 e. The number of hydrogen-bond acceptors (Lipinski definition) is 2. The van der Waals surface area contributed by atoms with Gasteiger partial charge in [0.15, 0.2) is 0 Å². The molecule has 0 N–H and O–H groups in total. The Bertz CT molecular complexity index is 3450. The molecule has 11 aromatic rings. The Hall–Kier alpha value is -7.62. The highest BCUT2D eigenvalue weighted by Crippen LogP contribution is 2.48. The number of nitrogens with zero attached hydrogens (tertiary/aromatic N) is 1. The number of rotatable bonds is 6. The second kappa shape index (κ2) is 13.0. The van der Waals surface area contributed by atoms with Crippen LogP contribution in [-0.2, 0) is 0 Å². The molecule has 0 atom stereocenters. The van der Waals surface area contributed by atoms with Crippen molar-refractivity contribution in [3.63, 3.8) is 0 Å². The van der Waals surface area contributed by atoms with Crippen LogP contribution in [0.3, 0.4) is 0 Å². The predicted molar refractivity (Wildman–Crippen MR) is 245 cm³/mol. The van der Waals surface area contributed by atoms with E-state index in [1.165, 1.54) is 49.6 Å². The highest BCUT2D eigenvalue weighted by molar-refractivity contribution is 6.10. The average Bonchev–Trinajstić information content (AvgIpc) is 4.02. The molecule has 3 heteroatoms. The van der Waals surface area contributed by atoms with Crippen molar-refractivity contribution in [3.8, 4) is 27.9 Å². The Labute approximate surface area is 341 Å². The van der Waals surface area contributed by atoms with Crippen molar-refractivity contribution >= 4 is 66.4 Å². The SMILES string of the molecule is C=C(/C=C\c1oc2ccc(-n3c4ccccc4c4ccccc43)cc2c1C)c1cccc(-c2ccc3oc4ccc(C5c6ccccc6-c6ccccc65)cc4c3c2)c1. The number of aromatic nitrogens is 1. The lowest BCUT2D eigenvalue weighted by atomic mass is 9.88. The Morgan fingerprint density at radius 3 is 1.88 bits per heavy atom. The fraction of sp³-hybridized carbons (Fsp3) is 0.0357. The monoisotopic (exact) mass is 755 g/mol. The zero-order chi connectivity index (χ0) is 39.2. The van der Waals surface area contributed by atoms with Crippen LogP contribution in [-0.4, -0.2) is 4.57 Å². The Balaban J connectivity index is 0.853. The molecular formula is C56H37NO2. The molecule has 0 fully saturated rings. The van der Waals surface area contributed by atoms with Crippen molar-refractivity contribution < 1.29 is 8.83 Å². The lowest BCUT2D eigenvalue weighted by Crippen LogP contribution is -1.98. The van der Waals surface area contributed by atoms with Crippen molar-refractivity contribution in [1.29, 1.82) is 0 Å². The van der Waals surface area contributed by atoms with Crippen LogP contribution in [0.1, 0.15) is 39.5 Å². The van der Waals surface area contributed by atoms with E-state index in [0.717, 1.165) is 72.2 Å². The van der Waals surface area contributed by atoms with Gasteiger partial charge in [-0.1, -0.05) is 128 Å². The molecule has 0 spiro atoms. The van der Waals surface area contributed by atoms with Crippen LogP contribution in [0, 0.1) is 6.92 Å². The van der Waals surface area contributed by atoms with Crippen LogP contribution in [0.4, 0.5) is 0 Å². The zero-order valence-corrected chi connectivity index (χ0v) is 32.4. The quantitative estimate of drug-likeness (QED) is 0.158. The zero-order valence-electron chi connectivity index (χ0n) is 32.4. The van der Waals surface area contributed by atoms with E-state index in [1.54, 1.807) is 0 Å². The second-order valence-corrected chi connectivity index (χ2v) is 15.8. The van der Waals surface area contributed by atoms with Gasteiger partial charge in [-0.05, 0) is 124 Å². The lowest BCUT2D eigenvalue weighted by Gasteiger charge is -2.14. The first-order chi connectivity index (χ1) is 29.1. The summed E-state index contributed by atoms with van der Waals surface area (Å²) in [5.74, 6) is 1.01. The van der Waals surface area contributed by atoms with E-state index < -0.39 is 0 Å². The summed E-state index contributed by atoms with van der Waals surface area (Å²) in [5.41, 5.74) is 18.1. The van der Waals surface area contributed by atoms with Crippen molar-refractivity contribution in [2.75, 3.05) is 0 Å². The molecule has 3 heterocycles. The van der Waals surface area contributed by atoms with Gasteiger partial charge in [-0.3, -0.25) is 0 Å². The van der Waals surface area contributed by atoms with Crippen LogP contribution in [0.15, 0.2) is 197 Å². The summed E-state index contributed by atoms with van der Waals surface area (Å²) >= 11 is 0. The number of hydrogen-bond donors (Lipinski definition) is 0. The van der Waals surface area contributed by atoms with Gasteiger partial charge in [0.2, 0.25) is 0 Å². The molecule has 0 saturated carbocycles. The van der Waals surface area contributed by atoms with Gasteiger partial charge in [-0.15, -0.1) is 0 Å². The molecule has 278 valence electrons. The van der Waals surface area contributed by atoms with Crippen LogP contribution >= 0.6 is 0 Å². The van der Waals surface area contributed by atoms with Crippen molar-refractivity contribution in [2.24, 2.45) is 0 Å². The maximum absolute atomic E-state index is 6.42. The van der Waals surface area contributed by atoms with Gasteiger partial charge in [-0.2, -0.15) is 0 Å². The van der Waals surface area contributed by atoms with Crippen LogP contribution in [0.5, 0.6) is 0 Å². The molecule has 0 bridgehead atoms. The topological polar surface area (TPSA) is 31.2 Å². The first kappa shape index (κ1) is 33.5. The summed E-state index contributed by atoms with van der Waals surface area (Å²) in [7, 11) is 0. The van der Waals surface area contributed by atoms with E-state index in [-0.39, 0.29) is 5.92 Å². The second-order valence-electron chi connectivity index (χ2n) is 15.8. The number of fused-ring (bicyclic) bond motifs is 10. The minimum atomic E-state index is 0.183. The maximum Gasteiger partial charge on any atom is 0.135 e. The summed E-state index contributed by atoms with van der Waals surface area (Å²) in [6, 6.07) is 63.1. The van der Waals surface area contributed by atoms with Gasteiger partial charge in [0.25, 0.3) is 0 Å². The molecule has 3 aromatic heterocycles. The van der Waals surface area contributed by atoms with Crippen molar-refractivity contribution in [3.05, 3.63) is 222 Å². The number of benzene rings is 8. The van der Waals surface area contributed by atoms with Crippen molar-refractivity contribution in [1.82, 2.24) is 4.57 Å². The highest BCUT2D eigenvalue weighted by Gasteiger charge is 2.29. The van der Waals surface area contributed by atoms with Crippen molar-refractivity contribution in [2.45, 2.75) is 12.8 Å². The molecule has 1 aliphatic carbocycles. The Kier molecular flexibility index (Phi) is 7.36. The highest BCUT2D eigenvalue weighted by atomic mass is 16.3. The van der Waals surface area contributed by atoms with Crippen LogP contribution in [0.2, 0.25) is 0 Å². The summed E-state index contributed by atoms with van der Waals surface area (Å²) in [5, 5.41) is 5.85. The summed E-state index contributed by atoms with van der Waals surface area (Å²) in [6.07, 6.45) is 4.11. The van der Waals surface area contributed by atoms with Gasteiger partial charge in [0.1, 0.15) is 22.5 Å². The van der Waals surface area contributed by atoms with E-state index in [9.17, 15) is 0 Å². The third kappa shape index (κ3) is 5.21. The third-order valence-corrected chi connectivity index (χ3v) is 12.5. The summed E-state index contributed by atoms with van der Waals surface area (Å²) in [4.78, 5) is 0. The molecule has 0 amide bonds. The normalized spacial score (nSPS) is 12.8. The van der Waals surface area contributed by atoms with Crippen LogP contribution in [0.25, 0.3) is 94.3 Å². The Morgan fingerprint density at radius 1 is 0.525 bits per heavy atom. The third-order valence-electron chi connectivity index (χ3n) is 12.5. The number of aryl methyl sites for hydroxylation is 1. The molecule has 0 unspecified atom stereocenters. The first-order valence-electron chi connectivity index (χ1n) is 20.2. The van der Waals surface area contributed by atoms with E-state index in [1.807, 2.05) is 6.08 Å². The molecule has 1 aliphatic rings. The largest absolute Gasteiger partial charge is 0.456 e. The van der Waals surface area contributed by atoms with Gasteiger partial charge in [0.05, 0.1) is 11.0 Å². The molecule has 0 aliphatic heterocycles. The molecular weight excluding hydrogens is 719 g/mol. The molecule has 12 rings (SSSR count). The van der Waals surface area contributed by atoms with E-state index >= 15 is 0 Å². The summed E-state index contributed by atoms with van der Waals surface area (Å²) < 4.78 is 15.2. The lowest BCUT2D eigenvalue weighted by molar-refractivity contribution is 0.601. The number of allylic oxidation sites excluding steroid dienone is 2. The molecule has 0 saturated heterocycles. The van der Waals surface area contributed by atoms with Gasteiger partial charge in [0, 0.05) is 44.1 Å². The maximum atomic E-state index is 6.42. The van der Waals surface area contributed by atoms with E-state index in [0.29, 0.717) is 0 Å². The van der Waals surface area contributed by atoms with Gasteiger partial charge < -0.3 is 13.4 Å². The van der Waals surface area contributed by atoms with E-state index in [4.69, 9.17) is 8.83 Å². The first-order valence-corrected chi connectivity index (χ1v) is 20.2. The predicted octanol–water partition coefficient (Wildman–Crippen LogP) is 15.3. The number of para-hydroxylation sites is 2. The fourth-order valence-electron chi connectivity index (χ4n) is 9.57. The number of furan rings is 2.